The molecule has 1 aromatic carbocycles. The second kappa shape index (κ2) is 7.01. The third-order valence-electron chi connectivity index (χ3n) is 4.64. The smallest absolute Gasteiger partial charge is 0.256 e. The van der Waals surface area contributed by atoms with Crippen molar-refractivity contribution in [2.75, 3.05) is 19.6 Å². The maximum atomic E-state index is 13.0. The van der Waals surface area contributed by atoms with Crippen molar-refractivity contribution in [1.29, 1.82) is 0 Å². The van der Waals surface area contributed by atoms with E-state index in [1.54, 1.807) is 6.92 Å². The first kappa shape index (κ1) is 16.5. The van der Waals surface area contributed by atoms with Gasteiger partial charge in [0.2, 0.25) is 5.56 Å². The summed E-state index contributed by atoms with van der Waals surface area (Å²) in [7, 11) is 0. The summed E-state index contributed by atoms with van der Waals surface area (Å²) >= 11 is 0. The highest BCUT2D eigenvalue weighted by Crippen LogP contribution is 2.25. The Hall–Kier alpha value is -2.40. The quantitative estimate of drug-likeness (QED) is 0.907. The molecule has 1 unspecified atom stereocenters. The predicted molar refractivity (Wildman–Crippen MR) is 94.3 cm³/mol. The molecule has 1 aliphatic heterocycles. The molecule has 2 N–H and O–H groups in total. The molecule has 1 aromatic heterocycles. The van der Waals surface area contributed by atoms with Crippen LogP contribution in [0.2, 0.25) is 0 Å². The zero-order valence-electron chi connectivity index (χ0n) is 14.1. The zero-order valence-corrected chi connectivity index (χ0v) is 14.1. The molecular weight excluding hydrogens is 302 g/mol. The van der Waals surface area contributed by atoms with Crippen LogP contribution >= 0.6 is 0 Å². The highest BCUT2D eigenvalue weighted by molar-refractivity contribution is 5.95. The average Bonchev–Trinajstić information content (AvgIpc) is 2.61. The number of rotatable bonds is 3. The number of carbonyl (C=O) groups excluding carboxylic acids is 1. The number of piperazine rings is 1. The fraction of sp³-hybridized carbons (Fsp3) is 0.368. The van der Waals surface area contributed by atoms with Crippen LogP contribution < -0.4 is 10.9 Å². The molecule has 1 amide bonds. The first-order chi connectivity index (χ1) is 11.6. The Morgan fingerprint density at radius 3 is 2.71 bits per heavy atom. The highest BCUT2D eigenvalue weighted by atomic mass is 16.2. The Morgan fingerprint density at radius 1 is 1.29 bits per heavy atom. The van der Waals surface area contributed by atoms with Gasteiger partial charge in [0, 0.05) is 31.9 Å². The number of hydrogen-bond donors (Lipinski definition) is 2. The maximum Gasteiger partial charge on any atom is 0.256 e. The lowest BCUT2D eigenvalue weighted by Crippen LogP contribution is -2.48. The van der Waals surface area contributed by atoms with Gasteiger partial charge in [0.05, 0.1) is 11.6 Å². The number of aryl methyl sites for hydroxylation is 2. The molecule has 0 aliphatic carbocycles. The topological polar surface area (TPSA) is 65.2 Å². The molecule has 0 bridgehead atoms. The number of amides is 1. The standard InChI is InChI=1S/C19H23N3O2/c1-3-14-4-6-15(7-5-14)17-12-20-8-9-22(17)19(24)16-11-21-18(23)10-13(16)2/h4-7,10-11,17,20H,3,8-9,12H2,1-2H3,(H,21,23). The lowest BCUT2D eigenvalue weighted by atomic mass is 9.99. The summed E-state index contributed by atoms with van der Waals surface area (Å²) < 4.78 is 0. The number of hydrogen-bond acceptors (Lipinski definition) is 3. The van der Waals surface area contributed by atoms with E-state index < -0.39 is 0 Å². The van der Waals surface area contributed by atoms with Crippen LogP contribution in [0.4, 0.5) is 0 Å². The van der Waals surface area contributed by atoms with Crippen molar-refractivity contribution in [3.8, 4) is 0 Å². The fourth-order valence-electron chi connectivity index (χ4n) is 3.18. The van der Waals surface area contributed by atoms with Crippen LogP contribution in [0.1, 0.15) is 40.0 Å². The van der Waals surface area contributed by atoms with E-state index >= 15 is 0 Å². The number of aromatic nitrogens is 1. The number of pyridine rings is 1. The summed E-state index contributed by atoms with van der Waals surface area (Å²) in [6.07, 6.45) is 2.53. The molecule has 5 nitrogen and oxygen atoms in total. The van der Waals surface area contributed by atoms with E-state index in [9.17, 15) is 9.59 Å². The number of aromatic amines is 1. The Bertz CT molecular complexity index is 780. The number of carbonyl (C=O) groups is 1. The van der Waals surface area contributed by atoms with Gasteiger partial charge in [-0.2, -0.15) is 0 Å². The van der Waals surface area contributed by atoms with Crippen molar-refractivity contribution >= 4 is 5.91 Å². The molecule has 126 valence electrons. The van der Waals surface area contributed by atoms with Crippen molar-refractivity contribution in [3.05, 3.63) is 69.1 Å². The molecule has 1 atom stereocenters. The van der Waals surface area contributed by atoms with Crippen LogP contribution in [-0.4, -0.2) is 35.4 Å². The van der Waals surface area contributed by atoms with Gasteiger partial charge in [-0.3, -0.25) is 9.59 Å². The highest BCUT2D eigenvalue weighted by Gasteiger charge is 2.29. The van der Waals surface area contributed by atoms with Crippen LogP contribution in [-0.2, 0) is 6.42 Å². The number of nitrogens with zero attached hydrogens (tertiary/aromatic N) is 1. The fourth-order valence-corrected chi connectivity index (χ4v) is 3.18. The normalized spacial score (nSPS) is 17.8. The van der Waals surface area contributed by atoms with Crippen LogP contribution in [0.15, 0.2) is 41.3 Å². The minimum absolute atomic E-state index is 0.00323. The second-order valence-corrected chi connectivity index (χ2v) is 6.21. The first-order valence-corrected chi connectivity index (χ1v) is 8.40. The molecule has 0 spiro atoms. The van der Waals surface area contributed by atoms with E-state index in [2.05, 4.69) is 41.5 Å². The van der Waals surface area contributed by atoms with Gasteiger partial charge < -0.3 is 15.2 Å². The van der Waals surface area contributed by atoms with Crippen molar-refractivity contribution in [3.63, 3.8) is 0 Å². The van der Waals surface area contributed by atoms with Crippen LogP contribution in [0.25, 0.3) is 0 Å². The predicted octanol–water partition coefficient (Wildman–Crippen LogP) is 2.03. The van der Waals surface area contributed by atoms with E-state index in [1.165, 1.54) is 17.8 Å². The monoisotopic (exact) mass is 325 g/mol. The van der Waals surface area contributed by atoms with Crippen LogP contribution in [0.5, 0.6) is 0 Å². The van der Waals surface area contributed by atoms with Gasteiger partial charge in [0.25, 0.3) is 5.91 Å². The largest absolute Gasteiger partial charge is 0.329 e. The molecule has 24 heavy (non-hydrogen) atoms. The van der Waals surface area contributed by atoms with E-state index in [-0.39, 0.29) is 17.5 Å². The lowest BCUT2D eigenvalue weighted by molar-refractivity contribution is 0.0633. The Balaban J connectivity index is 1.90. The molecular formula is C19H23N3O2. The summed E-state index contributed by atoms with van der Waals surface area (Å²) in [5.74, 6) is -0.0326. The van der Waals surface area contributed by atoms with E-state index in [1.807, 2.05) is 4.90 Å². The summed E-state index contributed by atoms with van der Waals surface area (Å²) in [6, 6.07) is 9.94. The number of benzene rings is 1. The van der Waals surface area contributed by atoms with E-state index in [4.69, 9.17) is 0 Å². The maximum absolute atomic E-state index is 13.0. The molecule has 1 saturated heterocycles. The van der Waals surface area contributed by atoms with Crippen LogP contribution in [0, 0.1) is 6.92 Å². The third kappa shape index (κ3) is 3.26. The van der Waals surface area contributed by atoms with Gasteiger partial charge >= 0.3 is 0 Å². The van der Waals surface area contributed by atoms with Gasteiger partial charge in [0.15, 0.2) is 0 Å². The van der Waals surface area contributed by atoms with Crippen molar-refractivity contribution < 1.29 is 4.79 Å². The first-order valence-electron chi connectivity index (χ1n) is 8.40. The van der Waals surface area contributed by atoms with Crippen LogP contribution in [0.3, 0.4) is 0 Å². The summed E-state index contributed by atoms with van der Waals surface area (Å²) in [5, 5.41) is 3.37. The molecule has 0 saturated carbocycles. The molecule has 1 aliphatic rings. The Morgan fingerprint density at radius 2 is 2.04 bits per heavy atom. The second-order valence-electron chi connectivity index (χ2n) is 6.21. The summed E-state index contributed by atoms with van der Waals surface area (Å²) in [4.78, 5) is 28.9. The summed E-state index contributed by atoms with van der Waals surface area (Å²) in [5.41, 5.74) is 3.51. The molecule has 0 radical (unpaired) electrons. The number of H-pyrrole nitrogens is 1. The Kier molecular flexibility index (Phi) is 4.81. The Labute approximate surface area is 141 Å². The molecule has 2 heterocycles. The van der Waals surface area contributed by atoms with Gasteiger partial charge in [-0.25, -0.2) is 0 Å². The SMILES string of the molecule is CCc1ccc(C2CNCCN2C(=O)c2c[nH]c(=O)cc2C)cc1. The van der Waals surface area contributed by atoms with Gasteiger partial charge in [0.1, 0.15) is 0 Å². The minimum Gasteiger partial charge on any atom is -0.329 e. The van der Waals surface area contributed by atoms with E-state index in [0.29, 0.717) is 17.7 Å². The van der Waals surface area contributed by atoms with Crippen molar-refractivity contribution in [1.82, 2.24) is 15.2 Å². The third-order valence-corrected chi connectivity index (χ3v) is 4.64. The van der Waals surface area contributed by atoms with Crippen molar-refractivity contribution in [2.24, 2.45) is 0 Å². The van der Waals surface area contributed by atoms with Gasteiger partial charge in [-0.1, -0.05) is 31.2 Å². The number of nitrogens with one attached hydrogen (secondary N) is 2. The summed E-state index contributed by atoms with van der Waals surface area (Å²) in [6.45, 7) is 6.09. The average molecular weight is 325 g/mol. The van der Waals surface area contributed by atoms with Gasteiger partial charge in [-0.05, 0) is 30.0 Å². The lowest BCUT2D eigenvalue weighted by Gasteiger charge is -2.37. The molecule has 3 rings (SSSR count). The zero-order chi connectivity index (χ0) is 17.1. The minimum atomic E-state index is -0.184. The van der Waals surface area contributed by atoms with Gasteiger partial charge in [-0.15, -0.1) is 0 Å². The van der Waals surface area contributed by atoms with Crippen molar-refractivity contribution in [2.45, 2.75) is 26.3 Å². The molecule has 2 aromatic rings. The molecule has 5 heteroatoms. The molecule has 1 fully saturated rings. The van der Waals surface area contributed by atoms with E-state index in [0.717, 1.165) is 25.1 Å².